The molecule has 5 nitrogen and oxygen atoms in total. The van der Waals surface area contributed by atoms with E-state index in [-0.39, 0.29) is 5.91 Å². The number of pyridine rings is 1. The third kappa shape index (κ3) is 1.52. The quantitative estimate of drug-likeness (QED) is 0.831. The number of nitrogens with zero attached hydrogens (tertiary/aromatic N) is 4. The molecule has 1 unspecified atom stereocenters. The molecule has 3 heterocycles. The summed E-state index contributed by atoms with van der Waals surface area (Å²) in [5.41, 5.74) is 2.23. The molecule has 2 aromatic heterocycles. The summed E-state index contributed by atoms with van der Waals surface area (Å²) < 4.78 is 2.01. The fourth-order valence-corrected chi connectivity index (χ4v) is 2.67. The molecule has 0 saturated carbocycles. The number of hydrogen-bond donors (Lipinski definition) is 0. The molecular weight excluding hydrogens is 252 g/mol. The van der Waals surface area contributed by atoms with Gasteiger partial charge in [-0.05, 0) is 26.0 Å². The predicted octanol–water partition coefficient (Wildman–Crippen LogP) is 1.62. The van der Waals surface area contributed by atoms with Gasteiger partial charge in [-0.3, -0.25) is 9.78 Å². The van der Waals surface area contributed by atoms with Gasteiger partial charge in [-0.15, -0.1) is 0 Å². The number of imidazole rings is 1. The second kappa shape index (κ2) is 4.30. The summed E-state index contributed by atoms with van der Waals surface area (Å²) in [6.45, 7) is 3.97. The number of hydrogen-bond acceptors (Lipinski definition) is 3. The summed E-state index contributed by atoms with van der Waals surface area (Å²) in [6.07, 6.45) is 8.79. The highest BCUT2D eigenvalue weighted by Gasteiger charge is 2.43. The van der Waals surface area contributed by atoms with Gasteiger partial charge in [0.2, 0.25) is 5.91 Å². The van der Waals surface area contributed by atoms with Gasteiger partial charge in [-0.1, -0.05) is 6.07 Å². The lowest BCUT2D eigenvalue weighted by Gasteiger charge is -2.37. The largest absolute Gasteiger partial charge is 0.311 e. The molecule has 0 bridgehead atoms. The Bertz CT molecular complexity index is 689. The highest BCUT2D eigenvalue weighted by Crippen LogP contribution is 2.36. The van der Waals surface area contributed by atoms with Crippen LogP contribution in [0.4, 0.5) is 0 Å². The minimum Gasteiger partial charge on any atom is -0.311 e. The molecule has 5 heteroatoms. The zero-order valence-corrected chi connectivity index (χ0v) is 11.7. The summed E-state index contributed by atoms with van der Waals surface area (Å²) in [5, 5.41) is 0. The van der Waals surface area contributed by atoms with Crippen molar-refractivity contribution in [1.82, 2.24) is 19.4 Å². The first-order valence-corrected chi connectivity index (χ1v) is 6.46. The van der Waals surface area contributed by atoms with Gasteiger partial charge < -0.3 is 9.47 Å². The smallest absolute Gasteiger partial charge is 0.248 e. The first kappa shape index (κ1) is 12.6. The maximum absolute atomic E-state index is 12.0. The first-order valence-electron chi connectivity index (χ1n) is 6.46. The molecule has 20 heavy (non-hydrogen) atoms. The van der Waals surface area contributed by atoms with Crippen LogP contribution in [0.5, 0.6) is 0 Å². The Labute approximate surface area is 117 Å². The molecule has 2 aromatic rings. The van der Waals surface area contributed by atoms with Gasteiger partial charge in [0.1, 0.15) is 0 Å². The summed E-state index contributed by atoms with van der Waals surface area (Å²) in [6, 6.07) is 3.85. The lowest BCUT2D eigenvalue weighted by Crippen LogP contribution is -2.47. The highest BCUT2D eigenvalue weighted by atomic mass is 16.2. The van der Waals surface area contributed by atoms with Crippen molar-refractivity contribution >= 4 is 5.91 Å². The van der Waals surface area contributed by atoms with Crippen molar-refractivity contribution in [3.63, 3.8) is 0 Å². The number of carbonyl (C=O) groups is 1. The Morgan fingerprint density at radius 3 is 2.60 bits per heavy atom. The molecule has 1 aliphatic rings. The van der Waals surface area contributed by atoms with Crippen molar-refractivity contribution in [2.24, 2.45) is 0 Å². The van der Waals surface area contributed by atoms with Gasteiger partial charge in [0, 0.05) is 36.8 Å². The number of aryl methyl sites for hydroxylation is 1. The van der Waals surface area contributed by atoms with E-state index in [1.807, 2.05) is 36.6 Å². The second-order valence-corrected chi connectivity index (χ2v) is 4.98. The van der Waals surface area contributed by atoms with E-state index in [2.05, 4.69) is 9.97 Å². The average Bonchev–Trinajstić information content (AvgIpc) is 2.95. The van der Waals surface area contributed by atoms with Crippen LogP contribution >= 0.6 is 0 Å². The van der Waals surface area contributed by atoms with Crippen LogP contribution in [0.3, 0.4) is 0 Å². The molecule has 102 valence electrons. The summed E-state index contributed by atoms with van der Waals surface area (Å²) in [7, 11) is 1.80. The molecular formula is C15H16N4O. The number of amides is 1. The predicted molar refractivity (Wildman–Crippen MR) is 74.9 cm³/mol. The monoisotopic (exact) mass is 268 g/mol. The maximum Gasteiger partial charge on any atom is 0.248 e. The Hall–Kier alpha value is -2.43. The third-order valence-electron chi connectivity index (χ3n) is 4.01. The Balaban J connectivity index is 2.28. The van der Waals surface area contributed by atoms with Crippen molar-refractivity contribution in [3.05, 3.63) is 60.0 Å². The molecule has 1 amide bonds. The molecule has 0 radical (unpaired) electrons. The van der Waals surface area contributed by atoms with Gasteiger partial charge in [-0.25, -0.2) is 4.98 Å². The van der Waals surface area contributed by atoms with Crippen molar-refractivity contribution in [3.8, 4) is 0 Å². The standard InChI is InChI=1S/C15H16N4O/c1-11-12(2)19(10-17-11)15(7-6-14(20)18(15)3)13-5-4-8-16-9-13/h4-10H,1-3H3. The van der Waals surface area contributed by atoms with Crippen LogP contribution in [0.1, 0.15) is 17.0 Å². The van der Waals surface area contributed by atoms with Crippen LogP contribution in [-0.4, -0.2) is 32.4 Å². The molecule has 0 saturated heterocycles. The Morgan fingerprint density at radius 2 is 2.10 bits per heavy atom. The summed E-state index contributed by atoms with van der Waals surface area (Å²) in [5.74, 6) is -0.0281. The van der Waals surface area contributed by atoms with Crippen LogP contribution in [0.2, 0.25) is 0 Å². The zero-order chi connectivity index (χ0) is 14.3. The van der Waals surface area contributed by atoms with E-state index in [9.17, 15) is 4.79 Å². The fraction of sp³-hybridized carbons (Fsp3) is 0.267. The molecule has 3 rings (SSSR count). The molecule has 1 aliphatic heterocycles. The van der Waals surface area contributed by atoms with Crippen LogP contribution in [0, 0.1) is 13.8 Å². The van der Waals surface area contributed by atoms with Crippen molar-refractivity contribution in [1.29, 1.82) is 0 Å². The van der Waals surface area contributed by atoms with Crippen LogP contribution in [0.25, 0.3) is 0 Å². The first-order chi connectivity index (χ1) is 9.57. The number of aromatic nitrogens is 3. The molecule has 0 N–H and O–H groups in total. The van der Waals surface area contributed by atoms with Crippen molar-refractivity contribution in [2.75, 3.05) is 7.05 Å². The van der Waals surface area contributed by atoms with Crippen LogP contribution < -0.4 is 0 Å². The topological polar surface area (TPSA) is 51.0 Å². The fourth-order valence-electron chi connectivity index (χ4n) is 2.67. The van der Waals surface area contributed by atoms with E-state index in [4.69, 9.17) is 0 Å². The summed E-state index contributed by atoms with van der Waals surface area (Å²) >= 11 is 0. The number of carbonyl (C=O) groups excluding carboxylic acids is 1. The summed E-state index contributed by atoms with van der Waals surface area (Å²) in [4.78, 5) is 22.3. The SMILES string of the molecule is Cc1ncn(C2(c3cccnc3)C=CC(=O)N2C)c1C. The normalized spacial score (nSPS) is 21.8. The maximum atomic E-state index is 12.0. The Kier molecular flexibility index (Phi) is 2.71. The third-order valence-corrected chi connectivity index (χ3v) is 4.01. The highest BCUT2D eigenvalue weighted by molar-refractivity contribution is 5.91. The average molecular weight is 268 g/mol. The molecule has 0 aliphatic carbocycles. The minimum absolute atomic E-state index is 0.0281. The van der Waals surface area contributed by atoms with Crippen LogP contribution in [0.15, 0.2) is 43.0 Å². The van der Waals surface area contributed by atoms with E-state index < -0.39 is 5.66 Å². The van der Waals surface area contributed by atoms with Gasteiger partial charge in [-0.2, -0.15) is 0 Å². The Morgan fingerprint density at radius 1 is 1.30 bits per heavy atom. The second-order valence-electron chi connectivity index (χ2n) is 4.98. The number of likely N-dealkylation sites (N-methyl/N-ethyl adjacent to an activating group) is 1. The van der Waals surface area contributed by atoms with Gasteiger partial charge in [0.05, 0.1) is 12.0 Å². The van der Waals surface area contributed by atoms with E-state index in [0.29, 0.717) is 0 Å². The molecule has 0 spiro atoms. The van der Waals surface area contributed by atoms with Gasteiger partial charge >= 0.3 is 0 Å². The van der Waals surface area contributed by atoms with Crippen LogP contribution in [-0.2, 0) is 10.5 Å². The lowest BCUT2D eigenvalue weighted by molar-refractivity contribution is -0.128. The lowest BCUT2D eigenvalue weighted by atomic mass is 10.0. The molecule has 0 fully saturated rings. The van der Waals surface area contributed by atoms with Crippen molar-refractivity contribution in [2.45, 2.75) is 19.5 Å². The van der Waals surface area contributed by atoms with E-state index in [1.165, 1.54) is 0 Å². The van der Waals surface area contributed by atoms with E-state index >= 15 is 0 Å². The number of rotatable bonds is 2. The van der Waals surface area contributed by atoms with E-state index in [1.54, 1.807) is 36.7 Å². The molecule has 0 aromatic carbocycles. The van der Waals surface area contributed by atoms with Gasteiger partial charge in [0.25, 0.3) is 0 Å². The molecule has 1 atom stereocenters. The minimum atomic E-state index is -0.684. The van der Waals surface area contributed by atoms with Gasteiger partial charge in [0.15, 0.2) is 5.66 Å². The van der Waals surface area contributed by atoms with Crippen molar-refractivity contribution < 1.29 is 4.79 Å². The van der Waals surface area contributed by atoms with E-state index in [0.717, 1.165) is 17.0 Å². The zero-order valence-electron chi connectivity index (χ0n) is 11.7.